The van der Waals surface area contributed by atoms with Gasteiger partial charge in [0.1, 0.15) is 0 Å². The Hall–Kier alpha value is -0.353. The molecule has 1 aliphatic heterocycles. The minimum absolute atomic E-state index is 0.0501. The fraction of sp³-hybridized carbons (Fsp3) is 0.917. The first kappa shape index (κ1) is 13.7. The highest BCUT2D eigenvalue weighted by molar-refractivity contribution is 6.81. The molecule has 1 saturated heterocycles. The number of methoxy groups -OCH3 is 1. The third-order valence-electron chi connectivity index (χ3n) is 4.24. The van der Waals surface area contributed by atoms with Crippen molar-refractivity contribution < 1.29 is 14.3 Å². The summed E-state index contributed by atoms with van der Waals surface area (Å²) in [6.45, 7) is 12.0. The van der Waals surface area contributed by atoms with Gasteiger partial charge in [-0.05, 0) is 11.5 Å². The number of rotatable bonds is 2. The first-order valence-corrected chi connectivity index (χ1v) is 8.99. The van der Waals surface area contributed by atoms with Crippen molar-refractivity contribution in [2.75, 3.05) is 13.7 Å². The average Bonchev–Trinajstić information content (AvgIpc) is 2.63. The molecule has 0 unspecified atom stereocenters. The number of esters is 1. The third kappa shape index (κ3) is 2.32. The molecule has 1 heterocycles. The van der Waals surface area contributed by atoms with Crippen molar-refractivity contribution >= 4 is 14.0 Å². The van der Waals surface area contributed by atoms with Gasteiger partial charge in [0.05, 0.1) is 26.8 Å². The van der Waals surface area contributed by atoms with E-state index in [-0.39, 0.29) is 22.7 Å². The second-order valence-corrected chi connectivity index (χ2v) is 11.7. The van der Waals surface area contributed by atoms with E-state index in [1.165, 1.54) is 7.11 Å². The monoisotopic (exact) mass is 244 g/mol. The molecule has 16 heavy (non-hydrogen) atoms. The van der Waals surface area contributed by atoms with Crippen LogP contribution in [0, 0.1) is 5.92 Å². The SMILES string of the molecule is COC(=O)[C@H]1CCO[C@@H]1[Si](C)(C)C(C)(C)C. The highest BCUT2D eigenvalue weighted by atomic mass is 28.3. The number of carbonyl (C=O) groups is 1. The quantitative estimate of drug-likeness (QED) is 0.553. The maximum absolute atomic E-state index is 11.7. The summed E-state index contributed by atoms with van der Waals surface area (Å²) in [5.41, 5.74) is 0.0972. The maximum Gasteiger partial charge on any atom is 0.311 e. The van der Waals surface area contributed by atoms with Gasteiger partial charge in [0.15, 0.2) is 0 Å². The van der Waals surface area contributed by atoms with E-state index in [0.717, 1.165) is 6.42 Å². The Morgan fingerprint density at radius 3 is 2.38 bits per heavy atom. The molecule has 0 N–H and O–H groups in total. The molecular weight excluding hydrogens is 220 g/mol. The first-order valence-electron chi connectivity index (χ1n) is 5.91. The second kappa shape index (κ2) is 4.49. The van der Waals surface area contributed by atoms with E-state index in [1.54, 1.807) is 0 Å². The van der Waals surface area contributed by atoms with Gasteiger partial charge in [-0.25, -0.2) is 0 Å². The van der Waals surface area contributed by atoms with Crippen LogP contribution in [0.15, 0.2) is 0 Å². The summed E-state index contributed by atoms with van der Waals surface area (Å²) in [6.07, 6.45) is 0.809. The summed E-state index contributed by atoms with van der Waals surface area (Å²) < 4.78 is 10.7. The van der Waals surface area contributed by atoms with Crippen LogP contribution in [0.3, 0.4) is 0 Å². The van der Waals surface area contributed by atoms with Crippen molar-refractivity contribution in [3.05, 3.63) is 0 Å². The predicted molar refractivity (Wildman–Crippen MR) is 67.1 cm³/mol. The summed E-state index contributed by atoms with van der Waals surface area (Å²) in [5.74, 6) is -0.154. The smallest absolute Gasteiger partial charge is 0.311 e. The molecule has 0 radical (unpaired) electrons. The molecule has 4 heteroatoms. The first-order chi connectivity index (χ1) is 7.21. The Morgan fingerprint density at radius 2 is 1.94 bits per heavy atom. The van der Waals surface area contributed by atoms with Crippen LogP contribution in [0.25, 0.3) is 0 Å². The van der Waals surface area contributed by atoms with Crippen LogP contribution in [-0.2, 0) is 14.3 Å². The molecule has 1 rings (SSSR count). The summed E-state index contributed by atoms with van der Waals surface area (Å²) in [7, 11) is -0.175. The van der Waals surface area contributed by atoms with E-state index in [4.69, 9.17) is 9.47 Å². The molecule has 0 aromatic rings. The number of hydrogen-bond acceptors (Lipinski definition) is 3. The molecule has 0 aromatic carbocycles. The molecular formula is C12H24O3Si. The Labute approximate surface area is 99.5 Å². The van der Waals surface area contributed by atoms with Crippen LogP contribution in [0.2, 0.25) is 18.1 Å². The molecule has 94 valence electrons. The lowest BCUT2D eigenvalue weighted by molar-refractivity contribution is -0.146. The summed E-state index contributed by atoms with van der Waals surface area (Å²) in [6, 6.07) is 0. The minimum Gasteiger partial charge on any atom is -0.469 e. The van der Waals surface area contributed by atoms with E-state index in [2.05, 4.69) is 33.9 Å². The Bertz CT molecular complexity index is 268. The van der Waals surface area contributed by atoms with Crippen LogP contribution in [0.1, 0.15) is 27.2 Å². The lowest BCUT2D eigenvalue weighted by Crippen LogP contribution is -2.53. The minimum atomic E-state index is -1.64. The summed E-state index contributed by atoms with van der Waals surface area (Å²) in [5, 5.41) is 0.230. The molecule has 2 atom stereocenters. The van der Waals surface area contributed by atoms with Gasteiger partial charge in [0.25, 0.3) is 0 Å². The van der Waals surface area contributed by atoms with E-state index in [0.29, 0.717) is 6.61 Å². The molecule has 1 aliphatic rings. The Morgan fingerprint density at radius 1 is 1.38 bits per heavy atom. The van der Waals surface area contributed by atoms with Crippen LogP contribution < -0.4 is 0 Å². The van der Waals surface area contributed by atoms with Crippen molar-refractivity contribution in [1.29, 1.82) is 0 Å². The third-order valence-corrected chi connectivity index (χ3v) is 10.1. The maximum atomic E-state index is 11.7. The summed E-state index contributed by atoms with van der Waals surface area (Å²) >= 11 is 0. The lowest BCUT2D eigenvalue weighted by atomic mass is 10.1. The second-order valence-electron chi connectivity index (χ2n) is 6.18. The van der Waals surface area contributed by atoms with Crippen LogP contribution >= 0.6 is 0 Å². The highest BCUT2D eigenvalue weighted by Gasteiger charge is 2.50. The Kier molecular flexibility index (Phi) is 3.85. The van der Waals surface area contributed by atoms with Gasteiger partial charge in [-0.3, -0.25) is 4.79 Å². The molecule has 0 bridgehead atoms. The van der Waals surface area contributed by atoms with Crippen LogP contribution in [0.5, 0.6) is 0 Å². The van der Waals surface area contributed by atoms with Crippen molar-refractivity contribution in [1.82, 2.24) is 0 Å². The van der Waals surface area contributed by atoms with Crippen LogP contribution in [-0.4, -0.2) is 33.5 Å². The average molecular weight is 244 g/mol. The molecule has 0 saturated carbocycles. The van der Waals surface area contributed by atoms with Crippen molar-refractivity contribution in [3.8, 4) is 0 Å². The standard InChI is InChI=1S/C12H24O3Si/c1-12(2,3)16(5,6)11-9(7-8-15-11)10(13)14-4/h9,11H,7-8H2,1-6H3/t9-,11-/m1/s1. The number of ether oxygens (including phenoxy) is 2. The van der Waals surface area contributed by atoms with Crippen LogP contribution in [0.4, 0.5) is 0 Å². The van der Waals surface area contributed by atoms with E-state index >= 15 is 0 Å². The van der Waals surface area contributed by atoms with Gasteiger partial charge >= 0.3 is 5.97 Å². The fourth-order valence-corrected chi connectivity index (χ4v) is 4.82. The number of hydrogen-bond donors (Lipinski definition) is 0. The zero-order chi connectivity index (χ0) is 12.6. The zero-order valence-electron chi connectivity index (χ0n) is 11.3. The van der Waals surface area contributed by atoms with E-state index in [9.17, 15) is 4.79 Å². The molecule has 1 fully saturated rings. The molecule has 0 aromatic heterocycles. The van der Waals surface area contributed by atoms with Gasteiger partial charge in [0, 0.05) is 6.61 Å². The molecule has 0 amide bonds. The topological polar surface area (TPSA) is 35.5 Å². The zero-order valence-corrected chi connectivity index (χ0v) is 12.3. The predicted octanol–water partition coefficient (Wildman–Crippen LogP) is 2.61. The van der Waals surface area contributed by atoms with E-state index < -0.39 is 8.07 Å². The highest BCUT2D eigenvalue weighted by Crippen LogP contribution is 2.43. The fourth-order valence-electron chi connectivity index (χ4n) is 2.12. The largest absolute Gasteiger partial charge is 0.469 e. The number of carbonyl (C=O) groups excluding carboxylic acids is 1. The molecule has 0 spiro atoms. The van der Waals surface area contributed by atoms with Gasteiger partial charge in [-0.15, -0.1) is 0 Å². The van der Waals surface area contributed by atoms with E-state index in [1.807, 2.05) is 0 Å². The molecule has 0 aliphatic carbocycles. The Balaban J connectivity index is 2.91. The molecule has 3 nitrogen and oxygen atoms in total. The van der Waals surface area contributed by atoms with Crippen molar-refractivity contribution in [3.63, 3.8) is 0 Å². The van der Waals surface area contributed by atoms with Gasteiger partial charge < -0.3 is 9.47 Å². The van der Waals surface area contributed by atoms with Gasteiger partial charge in [-0.2, -0.15) is 0 Å². The normalized spacial score (nSPS) is 26.9. The van der Waals surface area contributed by atoms with Crippen molar-refractivity contribution in [2.24, 2.45) is 5.92 Å². The summed E-state index contributed by atoms with van der Waals surface area (Å²) in [4.78, 5) is 11.7. The van der Waals surface area contributed by atoms with Crippen molar-refractivity contribution in [2.45, 2.75) is 51.1 Å². The van der Waals surface area contributed by atoms with Gasteiger partial charge in [0.2, 0.25) is 0 Å². The van der Waals surface area contributed by atoms with Gasteiger partial charge in [-0.1, -0.05) is 33.9 Å². The lowest BCUT2D eigenvalue weighted by Gasteiger charge is -2.42.